The molecule has 0 aliphatic carbocycles. The molecule has 3 aliphatic rings. The van der Waals surface area contributed by atoms with Gasteiger partial charge in [-0.25, -0.2) is 4.90 Å². The van der Waals surface area contributed by atoms with Crippen LogP contribution < -0.4 is 4.90 Å². The highest BCUT2D eigenvalue weighted by Crippen LogP contribution is 2.53. The van der Waals surface area contributed by atoms with Crippen LogP contribution in [0.15, 0.2) is 79.0 Å². The van der Waals surface area contributed by atoms with Crippen molar-refractivity contribution in [3.8, 4) is 0 Å². The van der Waals surface area contributed by atoms with Crippen molar-refractivity contribution in [2.75, 3.05) is 4.90 Å². The Kier molecular flexibility index (Phi) is 4.56. The van der Waals surface area contributed by atoms with E-state index in [2.05, 4.69) is 0 Å². The highest BCUT2D eigenvalue weighted by molar-refractivity contribution is 6.25. The topological polar surface area (TPSA) is 57.7 Å². The van der Waals surface area contributed by atoms with Crippen molar-refractivity contribution in [1.82, 2.24) is 4.90 Å². The summed E-state index contributed by atoms with van der Waals surface area (Å²) in [5.41, 5.74) is 5.08. The number of carbonyl (C=O) groups excluding carboxylic acids is 3. The molecule has 168 valence electrons. The third kappa shape index (κ3) is 2.83. The highest BCUT2D eigenvalue weighted by atomic mass is 16.2. The SMILES string of the molecule is Cc1ccc(N2C(=O)C3C(C2=O)C2c4ccccc4C=CN2C3C(=O)c2ccccc2)c(C)c1. The third-order valence-corrected chi connectivity index (χ3v) is 7.38. The molecule has 0 saturated carbocycles. The van der Waals surface area contributed by atoms with Gasteiger partial charge in [-0.1, -0.05) is 72.3 Å². The van der Waals surface area contributed by atoms with Crippen LogP contribution >= 0.6 is 0 Å². The first-order chi connectivity index (χ1) is 16.5. The predicted molar refractivity (Wildman–Crippen MR) is 130 cm³/mol. The second-order valence-corrected chi connectivity index (χ2v) is 9.37. The van der Waals surface area contributed by atoms with E-state index in [1.165, 1.54) is 4.90 Å². The summed E-state index contributed by atoms with van der Waals surface area (Å²) < 4.78 is 0. The predicted octanol–water partition coefficient (Wildman–Crippen LogP) is 4.70. The molecule has 5 nitrogen and oxygen atoms in total. The Labute approximate surface area is 198 Å². The standard InChI is InChI=1S/C29H24N2O3/c1-17-12-13-22(18(2)16-17)31-28(33)23-24(29(31)34)26(27(32)20-9-4-3-5-10-20)30-15-14-19-8-6-7-11-21(19)25(23)30/h3-16,23-26H,1-2H3. The number of anilines is 1. The summed E-state index contributed by atoms with van der Waals surface area (Å²) in [4.78, 5) is 45.0. The average Bonchev–Trinajstić information content (AvgIpc) is 3.32. The van der Waals surface area contributed by atoms with Crippen LogP contribution in [0.2, 0.25) is 0 Å². The number of fused-ring (bicyclic) bond motifs is 5. The second kappa shape index (κ2) is 7.52. The fraction of sp³-hybridized carbons (Fsp3) is 0.207. The van der Waals surface area contributed by atoms with Gasteiger partial charge in [0.15, 0.2) is 5.78 Å². The van der Waals surface area contributed by atoms with Crippen molar-refractivity contribution in [3.63, 3.8) is 0 Å². The molecule has 3 heterocycles. The van der Waals surface area contributed by atoms with Gasteiger partial charge in [0, 0.05) is 11.8 Å². The van der Waals surface area contributed by atoms with E-state index < -0.39 is 17.9 Å². The van der Waals surface area contributed by atoms with Crippen molar-refractivity contribution in [1.29, 1.82) is 0 Å². The molecule has 5 heteroatoms. The minimum atomic E-state index is -0.748. The molecule has 0 spiro atoms. The lowest BCUT2D eigenvalue weighted by atomic mass is 9.83. The van der Waals surface area contributed by atoms with Crippen LogP contribution in [0.4, 0.5) is 5.69 Å². The second-order valence-electron chi connectivity index (χ2n) is 9.37. The van der Waals surface area contributed by atoms with E-state index in [4.69, 9.17) is 0 Å². The van der Waals surface area contributed by atoms with Crippen LogP contribution in [0.1, 0.15) is 38.7 Å². The molecule has 2 saturated heterocycles. The zero-order valence-electron chi connectivity index (χ0n) is 19.0. The number of rotatable bonds is 3. The fourth-order valence-corrected chi connectivity index (χ4v) is 5.92. The average molecular weight is 449 g/mol. The lowest BCUT2D eigenvalue weighted by molar-refractivity contribution is -0.123. The molecule has 3 aromatic carbocycles. The molecule has 2 fully saturated rings. The first-order valence-corrected chi connectivity index (χ1v) is 11.6. The van der Waals surface area contributed by atoms with Gasteiger partial charge in [0.1, 0.15) is 6.04 Å². The number of Topliss-reactive ketones (excluding diaryl/α,β-unsaturated/α-hetero) is 1. The summed E-state index contributed by atoms with van der Waals surface area (Å²) in [6.45, 7) is 3.89. The van der Waals surface area contributed by atoms with E-state index in [0.717, 1.165) is 22.3 Å². The Morgan fingerprint density at radius 3 is 2.29 bits per heavy atom. The lowest BCUT2D eigenvalue weighted by Gasteiger charge is -2.35. The minimum absolute atomic E-state index is 0.134. The van der Waals surface area contributed by atoms with Crippen molar-refractivity contribution in [2.45, 2.75) is 25.9 Å². The van der Waals surface area contributed by atoms with Gasteiger partial charge in [0.25, 0.3) is 0 Å². The van der Waals surface area contributed by atoms with Gasteiger partial charge >= 0.3 is 0 Å². The van der Waals surface area contributed by atoms with Crippen LogP contribution in [-0.2, 0) is 9.59 Å². The molecule has 34 heavy (non-hydrogen) atoms. The van der Waals surface area contributed by atoms with Crippen molar-refractivity contribution >= 4 is 29.4 Å². The van der Waals surface area contributed by atoms with Gasteiger partial charge < -0.3 is 4.90 Å². The summed E-state index contributed by atoms with van der Waals surface area (Å²) in [6, 6.07) is 21.6. The molecule has 3 aliphatic heterocycles. The summed E-state index contributed by atoms with van der Waals surface area (Å²) in [5.74, 6) is -2.04. The van der Waals surface area contributed by atoms with Crippen molar-refractivity contribution in [3.05, 3.63) is 107 Å². The molecule has 0 N–H and O–H groups in total. The number of imide groups is 1. The molecule has 4 unspecified atom stereocenters. The number of amides is 2. The first kappa shape index (κ1) is 20.6. The molecule has 3 aromatic rings. The Bertz CT molecular complexity index is 1380. The molecule has 2 amide bonds. The van der Waals surface area contributed by atoms with Crippen molar-refractivity contribution in [2.24, 2.45) is 11.8 Å². The Hall–Kier alpha value is -3.99. The van der Waals surface area contributed by atoms with E-state index >= 15 is 0 Å². The van der Waals surface area contributed by atoms with Crippen LogP contribution in [0, 0.1) is 25.7 Å². The molecule has 0 bridgehead atoms. The van der Waals surface area contributed by atoms with E-state index in [1.807, 2.05) is 91.7 Å². The normalized spacial score (nSPS) is 24.8. The van der Waals surface area contributed by atoms with Crippen molar-refractivity contribution < 1.29 is 14.4 Å². The van der Waals surface area contributed by atoms with E-state index in [1.54, 1.807) is 12.1 Å². The summed E-state index contributed by atoms with van der Waals surface area (Å²) in [7, 11) is 0. The molecule has 6 rings (SSSR count). The van der Waals surface area contributed by atoms with Gasteiger partial charge in [0.2, 0.25) is 11.8 Å². The number of nitrogens with zero attached hydrogens (tertiary/aromatic N) is 2. The third-order valence-electron chi connectivity index (χ3n) is 7.38. The van der Waals surface area contributed by atoms with Gasteiger partial charge in [-0.15, -0.1) is 0 Å². The van der Waals surface area contributed by atoms with Crippen LogP contribution in [-0.4, -0.2) is 28.5 Å². The number of hydrogen-bond acceptors (Lipinski definition) is 4. The highest BCUT2D eigenvalue weighted by Gasteiger charge is 2.64. The monoisotopic (exact) mass is 448 g/mol. The van der Waals surface area contributed by atoms with Gasteiger partial charge in [-0.3, -0.25) is 14.4 Å². The smallest absolute Gasteiger partial charge is 0.240 e. The van der Waals surface area contributed by atoms with Gasteiger partial charge in [-0.05, 0) is 42.7 Å². The van der Waals surface area contributed by atoms with Crippen LogP contribution in [0.5, 0.6) is 0 Å². The van der Waals surface area contributed by atoms with Crippen LogP contribution in [0.25, 0.3) is 6.08 Å². The zero-order valence-corrected chi connectivity index (χ0v) is 19.0. The molecule has 0 aromatic heterocycles. The van der Waals surface area contributed by atoms with Gasteiger partial charge in [-0.2, -0.15) is 0 Å². The maximum absolute atomic E-state index is 13.9. The summed E-state index contributed by atoms with van der Waals surface area (Å²) >= 11 is 0. The van der Waals surface area contributed by atoms with Gasteiger partial charge in [0.05, 0.1) is 23.6 Å². The van der Waals surface area contributed by atoms with Crippen LogP contribution in [0.3, 0.4) is 0 Å². The molecule has 4 atom stereocenters. The first-order valence-electron chi connectivity index (χ1n) is 11.6. The number of hydrogen-bond donors (Lipinski definition) is 0. The number of carbonyl (C=O) groups is 3. The zero-order chi connectivity index (χ0) is 23.6. The summed E-state index contributed by atoms with van der Waals surface area (Å²) in [6.07, 6.45) is 3.86. The molecular formula is C29H24N2O3. The Balaban J connectivity index is 1.51. The Morgan fingerprint density at radius 2 is 1.53 bits per heavy atom. The number of aryl methyl sites for hydroxylation is 2. The summed E-state index contributed by atoms with van der Waals surface area (Å²) in [5, 5.41) is 0. The number of benzene rings is 3. The number of ketones is 1. The van der Waals surface area contributed by atoms with E-state index in [9.17, 15) is 14.4 Å². The van der Waals surface area contributed by atoms with E-state index in [0.29, 0.717) is 11.3 Å². The fourth-order valence-electron chi connectivity index (χ4n) is 5.92. The molecule has 0 radical (unpaired) electrons. The Morgan fingerprint density at radius 1 is 0.824 bits per heavy atom. The van der Waals surface area contributed by atoms with E-state index in [-0.39, 0.29) is 23.6 Å². The largest absolute Gasteiger partial charge is 0.358 e. The minimum Gasteiger partial charge on any atom is -0.358 e. The lowest BCUT2D eigenvalue weighted by Crippen LogP contribution is -2.44. The maximum Gasteiger partial charge on any atom is 0.240 e. The quantitative estimate of drug-likeness (QED) is 0.430. The maximum atomic E-state index is 13.9. The molecular weight excluding hydrogens is 424 g/mol.